The van der Waals surface area contributed by atoms with Gasteiger partial charge in [-0.05, 0) is 43.9 Å². The Labute approximate surface area is 88.3 Å². The summed E-state index contributed by atoms with van der Waals surface area (Å²) in [5, 5.41) is 1.30. The third-order valence-electron chi connectivity index (χ3n) is 2.15. The first-order valence-electron chi connectivity index (χ1n) is 4.84. The number of fused-ring (bicyclic) bond motifs is 1. The molecule has 0 spiro atoms. The van der Waals surface area contributed by atoms with Crippen LogP contribution in [0.1, 0.15) is 17.4 Å². The number of ether oxygens (including phenoxy) is 1. The number of thiophene rings is 1. The molecule has 0 aliphatic carbocycles. The standard InChI is InChI=1S/C12H14OS/c1-4-13-11-6-8(2)5-10-7-9(3)14-12(10)11/h5-7H,4H2,1-3H3. The monoisotopic (exact) mass is 206 g/mol. The van der Waals surface area contributed by atoms with Gasteiger partial charge in [0.25, 0.3) is 0 Å². The molecule has 0 bridgehead atoms. The number of hydrogen-bond donors (Lipinski definition) is 0. The molecule has 1 aromatic carbocycles. The molecule has 0 amide bonds. The highest BCUT2D eigenvalue weighted by Gasteiger charge is 2.06. The van der Waals surface area contributed by atoms with Crippen LogP contribution in [0.2, 0.25) is 0 Å². The lowest BCUT2D eigenvalue weighted by molar-refractivity contribution is 0.344. The summed E-state index contributed by atoms with van der Waals surface area (Å²) in [7, 11) is 0. The van der Waals surface area contributed by atoms with Gasteiger partial charge < -0.3 is 4.74 Å². The zero-order chi connectivity index (χ0) is 10.1. The zero-order valence-electron chi connectivity index (χ0n) is 8.76. The lowest BCUT2D eigenvalue weighted by atomic mass is 10.2. The summed E-state index contributed by atoms with van der Waals surface area (Å²) in [5.41, 5.74) is 1.26. The molecular weight excluding hydrogens is 192 g/mol. The fraction of sp³-hybridized carbons (Fsp3) is 0.333. The molecule has 0 aliphatic heterocycles. The van der Waals surface area contributed by atoms with Gasteiger partial charge in [0.05, 0.1) is 11.3 Å². The van der Waals surface area contributed by atoms with E-state index in [2.05, 4.69) is 32.0 Å². The van der Waals surface area contributed by atoms with E-state index in [0.717, 1.165) is 12.4 Å². The fourth-order valence-corrected chi connectivity index (χ4v) is 2.62. The van der Waals surface area contributed by atoms with Gasteiger partial charge in [-0.15, -0.1) is 11.3 Å². The summed E-state index contributed by atoms with van der Waals surface area (Å²) >= 11 is 1.80. The summed E-state index contributed by atoms with van der Waals surface area (Å²) < 4.78 is 6.90. The van der Waals surface area contributed by atoms with E-state index >= 15 is 0 Å². The van der Waals surface area contributed by atoms with E-state index in [0.29, 0.717) is 0 Å². The Bertz CT molecular complexity index is 457. The van der Waals surface area contributed by atoms with E-state index in [9.17, 15) is 0 Å². The van der Waals surface area contributed by atoms with Gasteiger partial charge in [0.15, 0.2) is 0 Å². The fourth-order valence-electron chi connectivity index (χ4n) is 1.66. The van der Waals surface area contributed by atoms with Gasteiger partial charge in [0.2, 0.25) is 0 Å². The van der Waals surface area contributed by atoms with Gasteiger partial charge >= 0.3 is 0 Å². The Kier molecular flexibility index (Phi) is 2.46. The molecule has 0 fully saturated rings. The molecule has 1 heterocycles. The first-order chi connectivity index (χ1) is 6.70. The van der Waals surface area contributed by atoms with Gasteiger partial charge in [-0.3, -0.25) is 0 Å². The Morgan fingerprint density at radius 3 is 2.71 bits per heavy atom. The lowest BCUT2D eigenvalue weighted by Crippen LogP contribution is -1.91. The predicted molar refractivity (Wildman–Crippen MR) is 62.5 cm³/mol. The largest absolute Gasteiger partial charge is 0.492 e. The smallest absolute Gasteiger partial charge is 0.137 e. The summed E-state index contributed by atoms with van der Waals surface area (Å²) in [5.74, 6) is 1.03. The van der Waals surface area contributed by atoms with Gasteiger partial charge in [0.1, 0.15) is 5.75 Å². The van der Waals surface area contributed by atoms with Crippen LogP contribution in [0, 0.1) is 13.8 Å². The molecule has 0 saturated heterocycles. The average Bonchev–Trinajstić information content (AvgIpc) is 2.45. The summed E-state index contributed by atoms with van der Waals surface area (Å²) in [6.45, 7) is 6.99. The normalized spacial score (nSPS) is 10.8. The van der Waals surface area contributed by atoms with Crippen LogP contribution in [0.3, 0.4) is 0 Å². The number of rotatable bonds is 2. The minimum atomic E-state index is 0.732. The van der Waals surface area contributed by atoms with Crippen LogP contribution >= 0.6 is 11.3 Å². The summed E-state index contributed by atoms with van der Waals surface area (Å²) in [6, 6.07) is 6.54. The molecule has 0 aliphatic rings. The second kappa shape index (κ2) is 3.62. The van der Waals surface area contributed by atoms with Gasteiger partial charge in [0, 0.05) is 4.88 Å². The van der Waals surface area contributed by atoms with E-state index in [1.807, 2.05) is 6.92 Å². The molecule has 14 heavy (non-hydrogen) atoms. The van der Waals surface area contributed by atoms with Gasteiger partial charge in [-0.1, -0.05) is 6.07 Å². The van der Waals surface area contributed by atoms with Crippen LogP contribution in [-0.4, -0.2) is 6.61 Å². The van der Waals surface area contributed by atoms with Crippen molar-refractivity contribution in [3.63, 3.8) is 0 Å². The van der Waals surface area contributed by atoms with E-state index in [-0.39, 0.29) is 0 Å². The Morgan fingerprint density at radius 2 is 2.00 bits per heavy atom. The van der Waals surface area contributed by atoms with Crippen molar-refractivity contribution in [2.45, 2.75) is 20.8 Å². The molecule has 0 radical (unpaired) electrons. The van der Waals surface area contributed by atoms with Crippen molar-refractivity contribution in [1.29, 1.82) is 0 Å². The molecule has 0 atom stereocenters. The molecule has 74 valence electrons. The van der Waals surface area contributed by atoms with Gasteiger partial charge in [-0.2, -0.15) is 0 Å². The van der Waals surface area contributed by atoms with E-state index in [4.69, 9.17) is 4.74 Å². The molecule has 2 rings (SSSR count). The Morgan fingerprint density at radius 1 is 1.21 bits per heavy atom. The predicted octanol–water partition coefficient (Wildman–Crippen LogP) is 3.92. The molecule has 0 saturated carbocycles. The first-order valence-corrected chi connectivity index (χ1v) is 5.66. The van der Waals surface area contributed by atoms with Crippen LogP contribution in [0.5, 0.6) is 5.75 Å². The maximum absolute atomic E-state index is 5.62. The number of hydrogen-bond acceptors (Lipinski definition) is 2. The molecule has 1 aromatic heterocycles. The Balaban J connectivity index is 2.66. The van der Waals surface area contributed by atoms with Crippen molar-refractivity contribution in [2.24, 2.45) is 0 Å². The molecule has 2 aromatic rings. The number of aryl methyl sites for hydroxylation is 2. The Hall–Kier alpha value is -1.02. The minimum Gasteiger partial charge on any atom is -0.492 e. The topological polar surface area (TPSA) is 9.23 Å². The third kappa shape index (κ3) is 1.62. The average molecular weight is 206 g/mol. The summed E-state index contributed by atoms with van der Waals surface area (Å²) in [4.78, 5) is 1.34. The van der Waals surface area contributed by atoms with Crippen molar-refractivity contribution >= 4 is 21.4 Å². The van der Waals surface area contributed by atoms with Crippen molar-refractivity contribution in [3.8, 4) is 5.75 Å². The van der Waals surface area contributed by atoms with Crippen molar-refractivity contribution in [1.82, 2.24) is 0 Å². The molecule has 1 nitrogen and oxygen atoms in total. The molecule has 2 heteroatoms. The minimum absolute atomic E-state index is 0.732. The van der Waals surface area contributed by atoms with Crippen molar-refractivity contribution in [2.75, 3.05) is 6.61 Å². The van der Waals surface area contributed by atoms with Crippen LogP contribution in [0.4, 0.5) is 0 Å². The highest BCUT2D eigenvalue weighted by molar-refractivity contribution is 7.19. The third-order valence-corrected chi connectivity index (χ3v) is 3.23. The number of benzene rings is 1. The zero-order valence-corrected chi connectivity index (χ0v) is 9.57. The van der Waals surface area contributed by atoms with Crippen LogP contribution in [0.15, 0.2) is 18.2 Å². The quantitative estimate of drug-likeness (QED) is 0.723. The second-order valence-electron chi connectivity index (χ2n) is 3.47. The van der Waals surface area contributed by atoms with Crippen LogP contribution < -0.4 is 4.74 Å². The highest BCUT2D eigenvalue weighted by atomic mass is 32.1. The van der Waals surface area contributed by atoms with Crippen molar-refractivity contribution < 1.29 is 4.74 Å². The van der Waals surface area contributed by atoms with E-state index < -0.39 is 0 Å². The molecular formula is C12H14OS. The highest BCUT2D eigenvalue weighted by Crippen LogP contribution is 2.34. The maximum atomic E-state index is 5.62. The van der Waals surface area contributed by atoms with Crippen molar-refractivity contribution in [3.05, 3.63) is 28.6 Å². The van der Waals surface area contributed by atoms with E-state index in [1.165, 1.54) is 20.5 Å². The van der Waals surface area contributed by atoms with Crippen LogP contribution in [-0.2, 0) is 0 Å². The maximum Gasteiger partial charge on any atom is 0.137 e. The first kappa shape index (κ1) is 9.53. The van der Waals surface area contributed by atoms with Crippen LogP contribution in [0.25, 0.3) is 10.1 Å². The molecule has 0 unspecified atom stereocenters. The SMILES string of the molecule is CCOc1cc(C)cc2cc(C)sc12. The van der Waals surface area contributed by atoms with Gasteiger partial charge in [-0.25, -0.2) is 0 Å². The summed E-state index contributed by atoms with van der Waals surface area (Å²) in [6.07, 6.45) is 0. The van der Waals surface area contributed by atoms with E-state index in [1.54, 1.807) is 11.3 Å². The molecule has 0 N–H and O–H groups in total. The lowest BCUT2D eigenvalue weighted by Gasteiger charge is -2.05. The second-order valence-corrected chi connectivity index (χ2v) is 4.73.